The van der Waals surface area contributed by atoms with Crippen LogP contribution >= 0.6 is 0 Å². The molecule has 108 valence electrons. The fourth-order valence-corrected chi connectivity index (χ4v) is 2.54. The van der Waals surface area contributed by atoms with Gasteiger partial charge in [-0.25, -0.2) is 0 Å². The highest BCUT2D eigenvalue weighted by atomic mass is 16.5. The number of piperidine rings is 1. The predicted molar refractivity (Wildman–Crippen MR) is 73.5 cm³/mol. The molecule has 1 fully saturated rings. The van der Waals surface area contributed by atoms with Crippen molar-refractivity contribution in [3.05, 3.63) is 29.3 Å². The number of ether oxygens (including phenoxy) is 1. The summed E-state index contributed by atoms with van der Waals surface area (Å²) in [4.78, 5) is 25.6. The first kappa shape index (κ1) is 14.4. The lowest BCUT2D eigenvalue weighted by atomic mass is 9.96. The van der Waals surface area contributed by atoms with Gasteiger partial charge in [-0.15, -0.1) is 0 Å². The van der Waals surface area contributed by atoms with Gasteiger partial charge in [0.2, 0.25) is 0 Å². The average Bonchev–Trinajstić information content (AvgIpc) is 2.46. The Morgan fingerprint density at radius 3 is 2.50 bits per heavy atom. The van der Waals surface area contributed by atoms with Gasteiger partial charge < -0.3 is 14.7 Å². The molecule has 0 atom stereocenters. The molecule has 1 saturated heterocycles. The molecule has 5 nitrogen and oxygen atoms in total. The van der Waals surface area contributed by atoms with Gasteiger partial charge in [-0.05, 0) is 43.5 Å². The average molecular weight is 277 g/mol. The molecule has 0 saturated carbocycles. The molecule has 0 bridgehead atoms. The van der Waals surface area contributed by atoms with Crippen LogP contribution in [0.5, 0.6) is 5.75 Å². The smallest absolute Gasteiger partial charge is 0.308 e. The summed E-state index contributed by atoms with van der Waals surface area (Å²) in [6, 6.07) is 4.73. The quantitative estimate of drug-likeness (QED) is 0.836. The second-order valence-corrected chi connectivity index (χ2v) is 5.09. The fourth-order valence-electron chi connectivity index (χ4n) is 2.54. The number of methoxy groups -OCH3 is 1. The minimum atomic E-state index is -0.196. The van der Waals surface area contributed by atoms with Crippen molar-refractivity contribution in [3.63, 3.8) is 0 Å². The molecule has 5 heteroatoms. The summed E-state index contributed by atoms with van der Waals surface area (Å²) in [6.45, 7) is 2.91. The summed E-state index contributed by atoms with van der Waals surface area (Å²) < 4.78 is 4.73. The van der Waals surface area contributed by atoms with E-state index in [9.17, 15) is 14.7 Å². The Morgan fingerprint density at radius 2 is 1.95 bits per heavy atom. The summed E-state index contributed by atoms with van der Waals surface area (Å²) in [6.07, 6.45) is 1.27. The molecule has 1 aliphatic heterocycles. The first-order chi connectivity index (χ1) is 9.52. The number of phenols is 1. The SMILES string of the molecule is COC(=O)C1CCN(C(=O)c2ccc(O)cc2C)CC1. The number of aromatic hydroxyl groups is 1. The van der Waals surface area contributed by atoms with Crippen LogP contribution in [0.1, 0.15) is 28.8 Å². The number of nitrogens with zero attached hydrogens (tertiary/aromatic N) is 1. The van der Waals surface area contributed by atoms with Crippen LogP contribution in [0, 0.1) is 12.8 Å². The summed E-state index contributed by atoms with van der Waals surface area (Å²) in [5.74, 6) is -0.197. The maximum atomic E-state index is 12.4. The summed E-state index contributed by atoms with van der Waals surface area (Å²) in [7, 11) is 1.39. The van der Waals surface area contributed by atoms with Crippen LogP contribution in [0.2, 0.25) is 0 Å². The molecule has 1 amide bonds. The standard InChI is InChI=1S/C15H19NO4/c1-10-9-12(17)3-4-13(10)14(18)16-7-5-11(6-8-16)15(19)20-2/h3-4,9,11,17H,5-8H2,1-2H3. The summed E-state index contributed by atoms with van der Waals surface area (Å²) >= 11 is 0. The first-order valence-corrected chi connectivity index (χ1v) is 6.69. The molecule has 1 heterocycles. The molecule has 0 aliphatic carbocycles. The Kier molecular flexibility index (Phi) is 4.27. The van der Waals surface area contributed by atoms with Gasteiger partial charge in [0.15, 0.2) is 0 Å². The van der Waals surface area contributed by atoms with Gasteiger partial charge in [0.1, 0.15) is 5.75 Å². The number of hydrogen-bond donors (Lipinski definition) is 1. The second kappa shape index (κ2) is 5.94. The molecule has 2 rings (SSSR count). The fraction of sp³-hybridized carbons (Fsp3) is 0.467. The Morgan fingerprint density at radius 1 is 1.30 bits per heavy atom. The van der Waals surface area contributed by atoms with Crippen molar-refractivity contribution < 1.29 is 19.4 Å². The number of amides is 1. The Labute approximate surface area is 118 Å². The molecule has 0 spiro atoms. The number of hydrogen-bond acceptors (Lipinski definition) is 4. The van der Waals surface area contributed by atoms with Crippen molar-refractivity contribution >= 4 is 11.9 Å². The lowest BCUT2D eigenvalue weighted by molar-refractivity contribution is -0.146. The van der Waals surface area contributed by atoms with Crippen molar-refractivity contribution in [2.24, 2.45) is 5.92 Å². The largest absolute Gasteiger partial charge is 0.508 e. The highest BCUT2D eigenvalue weighted by Crippen LogP contribution is 2.22. The Hall–Kier alpha value is -2.04. The molecular formula is C15H19NO4. The highest BCUT2D eigenvalue weighted by molar-refractivity contribution is 5.96. The molecule has 0 aromatic heterocycles. The van der Waals surface area contributed by atoms with E-state index in [4.69, 9.17) is 4.74 Å². The first-order valence-electron chi connectivity index (χ1n) is 6.69. The van der Waals surface area contributed by atoms with Crippen molar-refractivity contribution in [3.8, 4) is 5.75 Å². The van der Waals surface area contributed by atoms with E-state index in [0.717, 1.165) is 5.56 Å². The minimum Gasteiger partial charge on any atom is -0.508 e. The third-order valence-electron chi connectivity index (χ3n) is 3.76. The zero-order valence-corrected chi connectivity index (χ0v) is 11.8. The van der Waals surface area contributed by atoms with E-state index in [1.807, 2.05) is 0 Å². The van der Waals surface area contributed by atoms with Crippen LogP contribution < -0.4 is 0 Å². The number of esters is 1. The van der Waals surface area contributed by atoms with Crippen molar-refractivity contribution in [2.75, 3.05) is 20.2 Å². The van der Waals surface area contributed by atoms with Crippen molar-refractivity contribution in [1.29, 1.82) is 0 Å². The van der Waals surface area contributed by atoms with Gasteiger partial charge in [-0.3, -0.25) is 9.59 Å². The molecule has 20 heavy (non-hydrogen) atoms. The maximum absolute atomic E-state index is 12.4. The van der Waals surface area contributed by atoms with Crippen molar-refractivity contribution in [2.45, 2.75) is 19.8 Å². The van der Waals surface area contributed by atoms with E-state index in [0.29, 0.717) is 31.5 Å². The normalized spacial score (nSPS) is 16.0. The van der Waals surface area contributed by atoms with E-state index in [2.05, 4.69) is 0 Å². The highest BCUT2D eigenvalue weighted by Gasteiger charge is 2.28. The molecule has 1 aromatic rings. The molecular weight excluding hydrogens is 258 g/mol. The van der Waals surface area contributed by atoms with Gasteiger partial charge in [-0.1, -0.05) is 0 Å². The maximum Gasteiger partial charge on any atom is 0.308 e. The van der Waals surface area contributed by atoms with E-state index in [1.54, 1.807) is 24.0 Å². The number of carbonyl (C=O) groups excluding carboxylic acids is 2. The number of carbonyl (C=O) groups is 2. The van der Waals surface area contributed by atoms with Crippen LogP contribution in [0.15, 0.2) is 18.2 Å². The summed E-state index contributed by atoms with van der Waals surface area (Å²) in [5, 5.41) is 9.38. The number of benzene rings is 1. The molecule has 1 aromatic carbocycles. The second-order valence-electron chi connectivity index (χ2n) is 5.09. The van der Waals surface area contributed by atoms with Gasteiger partial charge in [0.05, 0.1) is 13.0 Å². The van der Waals surface area contributed by atoms with Crippen LogP contribution in [-0.4, -0.2) is 42.1 Å². The zero-order chi connectivity index (χ0) is 14.7. The molecule has 1 aliphatic rings. The number of likely N-dealkylation sites (tertiary alicyclic amines) is 1. The minimum absolute atomic E-state index is 0.0502. The van der Waals surface area contributed by atoms with Gasteiger partial charge in [-0.2, -0.15) is 0 Å². The van der Waals surface area contributed by atoms with E-state index in [-0.39, 0.29) is 23.5 Å². The summed E-state index contributed by atoms with van der Waals surface area (Å²) in [5.41, 5.74) is 1.35. The van der Waals surface area contributed by atoms with E-state index in [1.165, 1.54) is 13.2 Å². The third-order valence-corrected chi connectivity index (χ3v) is 3.76. The lowest BCUT2D eigenvalue weighted by Crippen LogP contribution is -2.40. The van der Waals surface area contributed by atoms with Crippen LogP contribution in [-0.2, 0) is 9.53 Å². The van der Waals surface area contributed by atoms with Gasteiger partial charge in [0.25, 0.3) is 5.91 Å². The van der Waals surface area contributed by atoms with Crippen LogP contribution in [0.3, 0.4) is 0 Å². The van der Waals surface area contributed by atoms with Crippen molar-refractivity contribution in [1.82, 2.24) is 4.90 Å². The number of rotatable bonds is 2. The third kappa shape index (κ3) is 2.92. The lowest BCUT2D eigenvalue weighted by Gasteiger charge is -2.31. The molecule has 0 radical (unpaired) electrons. The molecule has 1 N–H and O–H groups in total. The topological polar surface area (TPSA) is 66.8 Å². The van der Waals surface area contributed by atoms with E-state index >= 15 is 0 Å². The Balaban J connectivity index is 2.03. The van der Waals surface area contributed by atoms with Crippen LogP contribution in [0.4, 0.5) is 0 Å². The predicted octanol–water partition coefficient (Wildman–Crippen LogP) is 1.73. The number of phenolic OH excluding ortho intramolecular Hbond substituents is 1. The number of aryl methyl sites for hydroxylation is 1. The monoisotopic (exact) mass is 277 g/mol. The van der Waals surface area contributed by atoms with E-state index < -0.39 is 0 Å². The van der Waals surface area contributed by atoms with Gasteiger partial charge >= 0.3 is 5.97 Å². The Bertz CT molecular complexity index is 519. The van der Waals surface area contributed by atoms with Gasteiger partial charge in [0, 0.05) is 18.7 Å². The molecule has 0 unspecified atom stereocenters. The zero-order valence-electron chi connectivity index (χ0n) is 11.8. The van der Waals surface area contributed by atoms with Crippen LogP contribution in [0.25, 0.3) is 0 Å².